The standard InChI is InChI=1S/C23H42N2O2/c1-2-3-13-16-22(26)24-20-15-12-10-8-6-4-5-7-9-11-14-17-23(27)25-21-18-19-21/h7,9,21H,2-6,8,10-20H2,1H3,(H,24,26)(H,25,27). The second kappa shape index (κ2) is 16.8. The summed E-state index contributed by atoms with van der Waals surface area (Å²) < 4.78 is 0. The highest BCUT2D eigenvalue weighted by Crippen LogP contribution is 2.18. The lowest BCUT2D eigenvalue weighted by molar-refractivity contribution is -0.122. The van der Waals surface area contributed by atoms with E-state index in [0.717, 1.165) is 45.1 Å². The number of rotatable bonds is 18. The number of allylic oxidation sites excluding steroid dienone is 2. The molecule has 0 radical (unpaired) electrons. The summed E-state index contributed by atoms with van der Waals surface area (Å²) in [6, 6.07) is 0.488. The average Bonchev–Trinajstić information content (AvgIpc) is 3.46. The van der Waals surface area contributed by atoms with Crippen LogP contribution in [-0.2, 0) is 9.59 Å². The zero-order valence-corrected chi connectivity index (χ0v) is 17.6. The minimum Gasteiger partial charge on any atom is -0.356 e. The van der Waals surface area contributed by atoms with Gasteiger partial charge in [0.1, 0.15) is 0 Å². The third-order valence-electron chi connectivity index (χ3n) is 5.01. The molecule has 4 heteroatoms. The first-order valence-corrected chi connectivity index (χ1v) is 11.4. The maximum Gasteiger partial charge on any atom is 0.220 e. The molecule has 1 saturated carbocycles. The fraction of sp³-hybridized carbons (Fsp3) is 0.826. The van der Waals surface area contributed by atoms with Gasteiger partial charge >= 0.3 is 0 Å². The zero-order valence-electron chi connectivity index (χ0n) is 17.6. The number of nitrogens with one attached hydrogen (secondary N) is 2. The van der Waals surface area contributed by atoms with Crippen molar-refractivity contribution in [1.29, 1.82) is 0 Å². The van der Waals surface area contributed by atoms with Gasteiger partial charge in [-0.25, -0.2) is 0 Å². The van der Waals surface area contributed by atoms with Crippen LogP contribution in [0, 0.1) is 0 Å². The van der Waals surface area contributed by atoms with E-state index in [-0.39, 0.29) is 11.8 Å². The Bertz CT molecular complexity index is 417. The van der Waals surface area contributed by atoms with Crippen LogP contribution in [-0.4, -0.2) is 24.4 Å². The molecule has 0 bridgehead atoms. The van der Waals surface area contributed by atoms with Crippen LogP contribution >= 0.6 is 0 Å². The minimum atomic E-state index is 0.221. The van der Waals surface area contributed by atoms with E-state index >= 15 is 0 Å². The van der Waals surface area contributed by atoms with E-state index in [1.54, 1.807) is 0 Å². The van der Waals surface area contributed by atoms with E-state index in [2.05, 4.69) is 29.7 Å². The summed E-state index contributed by atoms with van der Waals surface area (Å²) in [4.78, 5) is 23.1. The molecule has 0 aromatic heterocycles. The molecule has 0 aromatic carbocycles. The first kappa shape index (κ1) is 23.7. The van der Waals surface area contributed by atoms with Crippen LogP contribution in [0.4, 0.5) is 0 Å². The van der Waals surface area contributed by atoms with Gasteiger partial charge in [-0.2, -0.15) is 0 Å². The van der Waals surface area contributed by atoms with E-state index in [1.165, 1.54) is 51.4 Å². The molecule has 0 atom stereocenters. The molecule has 2 amide bonds. The quantitative estimate of drug-likeness (QED) is 0.247. The van der Waals surface area contributed by atoms with Crippen molar-refractivity contribution in [1.82, 2.24) is 10.6 Å². The Labute approximate surface area is 166 Å². The summed E-state index contributed by atoms with van der Waals surface area (Å²) in [5.74, 6) is 0.445. The molecule has 1 rings (SSSR count). The largest absolute Gasteiger partial charge is 0.356 e. The SMILES string of the molecule is CCCCCC(=O)NCCCCCCCCC=CCCCC(=O)NC1CC1. The highest BCUT2D eigenvalue weighted by atomic mass is 16.2. The van der Waals surface area contributed by atoms with Gasteiger partial charge in [-0.15, -0.1) is 0 Å². The van der Waals surface area contributed by atoms with Gasteiger partial charge in [-0.1, -0.05) is 57.6 Å². The Balaban J connectivity index is 1.74. The first-order chi connectivity index (χ1) is 13.2. The Morgan fingerprint density at radius 3 is 2.11 bits per heavy atom. The summed E-state index contributed by atoms with van der Waals surface area (Å²) in [7, 11) is 0. The van der Waals surface area contributed by atoms with E-state index in [1.807, 2.05) is 0 Å². The van der Waals surface area contributed by atoms with Crippen LogP contribution < -0.4 is 10.6 Å². The maximum absolute atomic E-state index is 11.6. The van der Waals surface area contributed by atoms with E-state index in [0.29, 0.717) is 18.9 Å². The molecule has 0 spiro atoms. The second-order valence-corrected chi connectivity index (χ2v) is 7.92. The van der Waals surface area contributed by atoms with Gasteiger partial charge in [-0.3, -0.25) is 9.59 Å². The van der Waals surface area contributed by atoms with Crippen molar-refractivity contribution >= 4 is 11.8 Å². The van der Waals surface area contributed by atoms with Gasteiger partial charge in [0.05, 0.1) is 0 Å². The molecule has 0 saturated heterocycles. The molecule has 4 nitrogen and oxygen atoms in total. The molecular weight excluding hydrogens is 336 g/mol. The van der Waals surface area contributed by atoms with E-state index < -0.39 is 0 Å². The van der Waals surface area contributed by atoms with Crippen LogP contribution in [0.5, 0.6) is 0 Å². The van der Waals surface area contributed by atoms with Gasteiger partial charge < -0.3 is 10.6 Å². The molecule has 2 N–H and O–H groups in total. The Kier molecular flexibility index (Phi) is 14.8. The number of amides is 2. The van der Waals surface area contributed by atoms with Gasteiger partial charge in [0.15, 0.2) is 0 Å². The Morgan fingerprint density at radius 1 is 0.778 bits per heavy atom. The van der Waals surface area contributed by atoms with Crippen molar-refractivity contribution in [2.75, 3.05) is 6.54 Å². The summed E-state index contributed by atoms with van der Waals surface area (Å²) in [5, 5.41) is 6.05. The van der Waals surface area contributed by atoms with Crippen molar-refractivity contribution in [3.8, 4) is 0 Å². The lowest BCUT2D eigenvalue weighted by Crippen LogP contribution is -2.24. The monoisotopic (exact) mass is 378 g/mol. The summed E-state index contributed by atoms with van der Waals surface area (Å²) in [5.41, 5.74) is 0. The second-order valence-electron chi connectivity index (χ2n) is 7.92. The van der Waals surface area contributed by atoms with Gasteiger partial charge in [-0.05, 0) is 51.4 Å². The average molecular weight is 379 g/mol. The van der Waals surface area contributed by atoms with Crippen LogP contribution in [0.25, 0.3) is 0 Å². The number of hydrogen-bond acceptors (Lipinski definition) is 2. The van der Waals surface area contributed by atoms with Crippen molar-refractivity contribution in [2.45, 2.75) is 116 Å². The van der Waals surface area contributed by atoms with Crippen molar-refractivity contribution in [3.63, 3.8) is 0 Å². The fourth-order valence-corrected chi connectivity index (χ4v) is 3.09. The third-order valence-corrected chi connectivity index (χ3v) is 5.01. The molecule has 0 heterocycles. The van der Waals surface area contributed by atoms with Crippen LogP contribution in [0.2, 0.25) is 0 Å². The van der Waals surface area contributed by atoms with Gasteiger partial charge in [0, 0.05) is 25.4 Å². The highest BCUT2D eigenvalue weighted by Gasteiger charge is 2.22. The summed E-state index contributed by atoms with van der Waals surface area (Å²) in [6.07, 6.45) is 22.1. The van der Waals surface area contributed by atoms with Crippen molar-refractivity contribution in [2.24, 2.45) is 0 Å². The zero-order chi connectivity index (χ0) is 19.6. The Hall–Kier alpha value is -1.32. The van der Waals surface area contributed by atoms with Crippen LogP contribution in [0.15, 0.2) is 12.2 Å². The lowest BCUT2D eigenvalue weighted by atomic mass is 10.1. The first-order valence-electron chi connectivity index (χ1n) is 11.4. The molecule has 1 aliphatic carbocycles. The smallest absolute Gasteiger partial charge is 0.220 e. The van der Waals surface area contributed by atoms with Crippen molar-refractivity contribution in [3.05, 3.63) is 12.2 Å². The molecule has 0 aliphatic heterocycles. The number of hydrogen-bond donors (Lipinski definition) is 2. The lowest BCUT2D eigenvalue weighted by Gasteiger charge is -2.05. The molecule has 1 fully saturated rings. The molecule has 156 valence electrons. The number of carbonyl (C=O) groups excluding carboxylic acids is 2. The molecule has 0 unspecified atom stereocenters. The summed E-state index contributed by atoms with van der Waals surface area (Å²) >= 11 is 0. The normalized spacial score (nSPS) is 13.8. The topological polar surface area (TPSA) is 58.2 Å². The van der Waals surface area contributed by atoms with Crippen molar-refractivity contribution < 1.29 is 9.59 Å². The molecular formula is C23H42N2O2. The van der Waals surface area contributed by atoms with Crippen LogP contribution in [0.1, 0.15) is 110 Å². The summed E-state index contributed by atoms with van der Waals surface area (Å²) in [6.45, 7) is 3.00. The minimum absolute atomic E-state index is 0.221. The van der Waals surface area contributed by atoms with Gasteiger partial charge in [0.2, 0.25) is 11.8 Å². The molecule has 27 heavy (non-hydrogen) atoms. The predicted molar refractivity (Wildman–Crippen MR) is 114 cm³/mol. The Morgan fingerprint density at radius 2 is 1.41 bits per heavy atom. The van der Waals surface area contributed by atoms with Crippen LogP contribution in [0.3, 0.4) is 0 Å². The van der Waals surface area contributed by atoms with Gasteiger partial charge in [0.25, 0.3) is 0 Å². The molecule has 1 aliphatic rings. The highest BCUT2D eigenvalue weighted by molar-refractivity contribution is 5.76. The number of carbonyl (C=O) groups is 2. The maximum atomic E-state index is 11.6. The third kappa shape index (κ3) is 16.6. The number of unbranched alkanes of at least 4 members (excludes halogenated alkanes) is 9. The van der Waals surface area contributed by atoms with E-state index in [9.17, 15) is 9.59 Å². The van der Waals surface area contributed by atoms with E-state index in [4.69, 9.17) is 0 Å². The molecule has 0 aromatic rings. The predicted octanol–water partition coefficient (Wildman–Crippen LogP) is 5.42. The fourth-order valence-electron chi connectivity index (χ4n) is 3.09.